The molecule has 1 aliphatic heterocycles. The summed E-state index contributed by atoms with van der Waals surface area (Å²) in [6, 6.07) is 9.26. The first-order valence-corrected chi connectivity index (χ1v) is 18.7. The summed E-state index contributed by atoms with van der Waals surface area (Å²) in [4.78, 5) is 13.0. The van der Waals surface area contributed by atoms with Crippen LogP contribution in [0.1, 0.15) is 122 Å². The van der Waals surface area contributed by atoms with Crippen LogP contribution in [0.3, 0.4) is 0 Å². The average molecular weight is 653 g/mol. The van der Waals surface area contributed by atoms with Crippen molar-refractivity contribution in [1.29, 1.82) is 0 Å². The second kappa shape index (κ2) is 20.0. The van der Waals surface area contributed by atoms with Gasteiger partial charge in [-0.3, -0.25) is 5.01 Å². The Balaban J connectivity index is 1.94. The van der Waals surface area contributed by atoms with E-state index in [1.54, 1.807) is 0 Å². The molecule has 2 unspecified atom stereocenters. The molecule has 1 aliphatic rings. The molecule has 3 rings (SSSR count). The minimum Gasteiger partial charge on any atom is -0.356 e. The quantitative estimate of drug-likeness (QED) is 0.0989. The third-order valence-corrected chi connectivity index (χ3v) is 8.93. The van der Waals surface area contributed by atoms with Gasteiger partial charge in [0.2, 0.25) is 0 Å². The lowest BCUT2D eigenvalue weighted by Crippen LogP contribution is -2.32. The summed E-state index contributed by atoms with van der Waals surface area (Å²) in [5.74, 6) is 2.96. The van der Waals surface area contributed by atoms with Crippen LogP contribution < -0.4 is 10.2 Å². The number of aliphatic imine (C=N–C) groups is 1. The van der Waals surface area contributed by atoms with Crippen LogP contribution in [0.15, 0.2) is 70.6 Å². The summed E-state index contributed by atoms with van der Waals surface area (Å²) in [5, 5.41) is 10.3. The number of pyridine rings is 1. The highest BCUT2D eigenvalue weighted by Crippen LogP contribution is 2.27. The van der Waals surface area contributed by atoms with E-state index >= 15 is 0 Å². The highest BCUT2D eigenvalue weighted by atomic mass is 15.5. The van der Waals surface area contributed by atoms with Crippen molar-refractivity contribution in [3.63, 3.8) is 0 Å². The fraction of sp³-hybridized carbons (Fsp3) is 0.548. The highest BCUT2D eigenvalue weighted by Gasteiger charge is 2.20. The number of nitrogens with one attached hydrogen (secondary N) is 1. The lowest BCUT2D eigenvalue weighted by Gasteiger charge is -2.30. The molecule has 0 saturated heterocycles. The van der Waals surface area contributed by atoms with Crippen LogP contribution in [0, 0.1) is 25.7 Å². The van der Waals surface area contributed by atoms with Crippen LogP contribution in [-0.2, 0) is 12.8 Å². The molecule has 2 aromatic rings. The minimum atomic E-state index is 0.230. The Kier molecular flexibility index (Phi) is 16.1. The van der Waals surface area contributed by atoms with E-state index in [-0.39, 0.29) is 6.04 Å². The molecular weight excluding hydrogens is 589 g/mol. The molecule has 1 N–H and O–H groups in total. The number of hydrogen-bond donors (Lipinski definition) is 1. The fourth-order valence-corrected chi connectivity index (χ4v) is 5.90. The molecule has 0 radical (unpaired) electrons. The van der Waals surface area contributed by atoms with Crippen molar-refractivity contribution >= 4 is 23.6 Å². The summed E-state index contributed by atoms with van der Waals surface area (Å²) in [5.41, 5.74) is 8.33. The number of nitrogens with zero attached hydrogens (tertiary/aromatic N) is 5. The molecule has 0 bridgehead atoms. The van der Waals surface area contributed by atoms with Gasteiger partial charge in [-0.2, -0.15) is 5.10 Å². The molecular formula is C42H64N6. The van der Waals surface area contributed by atoms with Crippen LogP contribution in [0.5, 0.6) is 0 Å². The number of allylic oxidation sites excluding steroid dienone is 3. The average Bonchev–Trinajstić information content (AvgIpc) is 3.05. The Bertz CT molecular complexity index is 1450. The van der Waals surface area contributed by atoms with Crippen LogP contribution >= 0.6 is 0 Å². The number of hydrogen-bond acceptors (Lipinski definition) is 5. The van der Waals surface area contributed by atoms with Crippen molar-refractivity contribution in [3.05, 3.63) is 88.4 Å². The second-order valence-electron chi connectivity index (χ2n) is 14.0. The Labute approximate surface area is 293 Å². The van der Waals surface area contributed by atoms with Crippen LogP contribution in [-0.4, -0.2) is 41.2 Å². The largest absolute Gasteiger partial charge is 0.356 e. The summed E-state index contributed by atoms with van der Waals surface area (Å²) >= 11 is 0. The topological polar surface area (TPSA) is 56.1 Å². The number of benzene rings is 1. The monoisotopic (exact) mass is 653 g/mol. The highest BCUT2D eigenvalue weighted by molar-refractivity contribution is 6.08. The van der Waals surface area contributed by atoms with Crippen LogP contribution in [0.25, 0.3) is 0 Å². The number of unbranched alkanes of at least 4 members (excludes halogenated alkanes) is 2. The van der Waals surface area contributed by atoms with Gasteiger partial charge < -0.3 is 10.2 Å². The Morgan fingerprint density at radius 1 is 1.02 bits per heavy atom. The molecule has 0 fully saturated rings. The van der Waals surface area contributed by atoms with Gasteiger partial charge in [-0.25, -0.2) is 9.98 Å². The van der Waals surface area contributed by atoms with Crippen molar-refractivity contribution in [1.82, 2.24) is 9.99 Å². The summed E-state index contributed by atoms with van der Waals surface area (Å²) in [6.45, 7) is 24.3. The van der Waals surface area contributed by atoms with Crippen LogP contribution in [0.4, 0.5) is 11.5 Å². The maximum atomic E-state index is 5.46. The third kappa shape index (κ3) is 11.8. The van der Waals surface area contributed by atoms with Gasteiger partial charge in [0.15, 0.2) is 5.84 Å². The zero-order valence-corrected chi connectivity index (χ0v) is 31.8. The van der Waals surface area contributed by atoms with Crippen molar-refractivity contribution in [2.24, 2.45) is 21.9 Å². The smallest absolute Gasteiger partial charge is 0.156 e. The first-order chi connectivity index (χ1) is 23.1. The van der Waals surface area contributed by atoms with Crippen molar-refractivity contribution in [2.45, 2.75) is 127 Å². The van der Waals surface area contributed by atoms with E-state index in [2.05, 4.69) is 133 Å². The molecule has 6 nitrogen and oxygen atoms in total. The number of anilines is 2. The molecule has 0 amide bonds. The molecule has 0 aliphatic carbocycles. The molecule has 48 heavy (non-hydrogen) atoms. The SMILES string of the molecule is CC/C=C/N=C(Nc1ccc(CC2=CC(C)N(/N=C\C(C)C)C=C2)c(C)c1)c1nc(N(CCCCC)CC(C)CC)c(CCC)cc1C. The standard InChI is InChI=1S/C42H64N6/c1-11-15-17-23-47(30-32(7)14-4)42-38(18-13-3)25-34(9)40(46-42)41(43-22-16-12-2)45-39-20-19-37(33(8)26-39)28-36-21-24-48(35(10)27-36)44-29-31(5)6/h16,19-22,24-27,29,31-32,35H,11-15,17-18,23,28,30H2,1-10H3,(H,43,45)/b22-16+,44-29-. The zero-order chi connectivity index (χ0) is 35.1. The van der Waals surface area contributed by atoms with E-state index in [0.29, 0.717) is 11.8 Å². The van der Waals surface area contributed by atoms with Gasteiger partial charge in [0.05, 0.1) is 6.04 Å². The van der Waals surface area contributed by atoms with Gasteiger partial charge in [-0.05, 0) is 104 Å². The number of amidine groups is 1. The van der Waals surface area contributed by atoms with E-state index in [1.807, 2.05) is 17.4 Å². The number of aryl methyl sites for hydroxylation is 3. The maximum Gasteiger partial charge on any atom is 0.156 e. The Morgan fingerprint density at radius 3 is 2.46 bits per heavy atom. The van der Waals surface area contributed by atoms with Gasteiger partial charge in [-0.15, -0.1) is 0 Å². The first-order valence-electron chi connectivity index (χ1n) is 18.7. The third-order valence-electron chi connectivity index (χ3n) is 8.93. The van der Waals surface area contributed by atoms with E-state index in [4.69, 9.17) is 9.98 Å². The Morgan fingerprint density at radius 2 is 1.81 bits per heavy atom. The first kappa shape index (κ1) is 38.8. The number of aromatic nitrogens is 1. The van der Waals surface area contributed by atoms with Gasteiger partial charge in [-0.1, -0.05) is 98.4 Å². The van der Waals surface area contributed by atoms with E-state index < -0.39 is 0 Å². The summed E-state index contributed by atoms with van der Waals surface area (Å²) in [6.07, 6.45) is 21.4. The zero-order valence-electron chi connectivity index (χ0n) is 31.8. The normalized spacial score (nSPS) is 16.0. The molecule has 1 aromatic heterocycles. The summed E-state index contributed by atoms with van der Waals surface area (Å²) < 4.78 is 0. The predicted molar refractivity (Wildman–Crippen MR) is 210 cm³/mol. The van der Waals surface area contributed by atoms with Gasteiger partial charge in [0.25, 0.3) is 0 Å². The van der Waals surface area contributed by atoms with Crippen molar-refractivity contribution in [3.8, 4) is 0 Å². The molecule has 0 spiro atoms. The molecule has 0 saturated carbocycles. The van der Waals surface area contributed by atoms with Gasteiger partial charge in [0.1, 0.15) is 11.5 Å². The van der Waals surface area contributed by atoms with Crippen molar-refractivity contribution in [2.75, 3.05) is 23.3 Å². The van der Waals surface area contributed by atoms with E-state index in [9.17, 15) is 0 Å². The second-order valence-corrected chi connectivity index (χ2v) is 14.0. The minimum absolute atomic E-state index is 0.230. The Hall–Kier alpha value is -3.67. The predicted octanol–water partition coefficient (Wildman–Crippen LogP) is 10.8. The fourth-order valence-electron chi connectivity index (χ4n) is 5.90. The molecule has 2 atom stereocenters. The lowest BCUT2D eigenvalue weighted by molar-refractivity contribution is 0.349. The molecule has 262 valence electrons. The van der Waals surface area contributed by atoms with Gasteiger partial charge >= 0.3 is 0 Å². The molecule has 2 heterocycles. The summed E-state index contributed by atoms with van der Waals surface area (Å²) in [7, 11) is 0. The number of rotatable bonds is 18. The number of hydrazone groups is 1. The molecule has 1 aromatic carbocycles. The van der Waals surface area contributed by atoms with E-state index in [1.165, 1.54) is 41.5 Å². The van der Waals surface area contributed by atoms with Gasteiger partial charge in [0, 0.05) is 37.4 Å². The van der Waals surface area contributed by atoms with Crippen molar-refractivity contribution < 1.29 is 0 Å². The lowest BCUT2D eigenvalue weighted by atomic mass is 9.97. The van der Waals surface area contributed by atoms with Crippen LogP contribution in [0.2, 0.25) is 0 Å². The molecule has 6 heteroatoms. The van der Waals surface area contributed by atoms with E-state index in [0.717, 1.165) is 73.8 Å². The maximum absolute atomic E-state index is 5.46.